The van der Waals surface area contributed by atoms with Crippen molar-refractivity contribution in [1.82, 2.24) is 0 Å². The predicted octanol–water partition coefficient (Wildman–Crippen LogP) is 3.79. The first-order chi connectivity index (χ1) is 6.38. The van der Waals surface area contributed by atoms with Crippen LogP contribution in [0.25, 0.3) is 0 Å². The summed E-state index contributed by atoms with van der Waals surface area (Å²) >= 11 is 0.659. The molecule has 0 spiro atoms. The van der Waals surface area contributed by atoms with Gasteiger partial charge in [0, 0.05) is 4.90 Å². The van der Waals surface area contributed by atoms with Crippen LogP contribution in [0.15, 0.2) is 23.1 Å². The molecule has 0 radical (unpaired) electrons. The van der Waals surface area contributed by atoms with E-state index in [2.05, 4.69) is 0 Å². The molecule has 0 aromatic heterocycles. The first-order valence-corrected chi connectivity index (χ1v) is 4.83. The van der Waals surface area contributed by atoms with Gasteiger partial charge in [0.25, 0.3) is 0 Å². The maximum atomic E-state index is 12.7. The summed E-state index contributed by atoms with van der Waals surface area (Å²) in [7, 11) is 0. The zero-order chi connectivity index (χ0) is 10.8. The minimum absolute atomic E-state index is 0.358. The number of halogens is 4. The summed E-state index contributed by atoms with van der Waals surface area (Å²) in [6.45, 7) is 1.52. The van der Waals surface area contributed by atoms with Crippen molar-refractivity contribution in [2.24, 2.45) is 0 Å². The number of benzene rings is 1. The molecule has 0 unspecified atom stereocenters. The molecule has 0 fully saturated rings. The van der Waals surface area contributed by atoms with Crippen molar-refractivity contribution >= 4 is 11.8 Å². The topological polar surface area (TPSA) is 0 Å². The molecule has 0 amide bonds. The van der Waals surface area contributed by atoms with E-state index in [1.54, 1.807) is 0 Å². The second-order valence-electron chi connectivity index (χ2n) is 2.81. The van der Waals surface area contributed by atoms with Crippen LogP contribution in [0.4, 0.5) is 17.6 Å². The fourth-order valence-electron chi connectivity index (χ4n) is 0.872. The highest BCUT2D eigenvalue weighted by Gasteiger charge is 2.27. The number of hydrogen-bond acceptors (Lipinski definition) is 1. The zero-order valence-corrected chi connectivity index (χ0v) is 8.18. The van der Waals surface area contributed by atoms with Gasteiger partial charge in [-0.15, -0.1) is 11.8 Å². The van der Waals surface area contributed by atoms with Crippen molar-refractivity contribution in [3.63, 3.8) is 0 Å². The molecule has 0 aliphatic heterocycles. The summed E-state index contributed by atoms with van der Waals surface area (Å²) < 4.78 is 48.2. The third-order valence-corrected chi connectivity index (χ3v) is 2.59. The van der Waals surface area contributed by atoms with Crippen LogP contribution in [0.1, 0.15) is 5.56 Å². The maximum absolute atomic E-state index is 12.7. The molecule has 0 saturated heterocycles. The van der Waals surface area contributed by atoms with Gasteiger partial charge in [0.2, 0.25) is 0 Å². The van der Waals surface area contributed by atoms with Crippen LogP contribution >= 0.6 is 11.8 Å². The van der Waals surface area contributed by atoms with E-state index in [0.29, 0.717) is 22.2 Å². The first kappa shape index (κ1) is 11.4. The predicted molar refractivity (Wildman–Crippen MR) is 47.9 cm³/mol. The molecule has 0 aliphatic carbocycles. The standard InChI is InChI=1S/C9H8F4S/c1-6-4-7(2-3-8(6)10)14-5-9(11,12)13/h2-4H,5H2,1H3. The first-order valence-electron chi connectivity index (χ1n) is 3.84. The number of alkyl halides is 3. The average Bonchev–Trinajstić information content (AvgIpc) is 2.06. The Morgan fingerprint density at radius 1 is 1.29 bits per heavy atom. The van der Waals surface area contributed by atoms with Crippen molar-refractivity contribution < 1.29 is 17.6 Å². The number of hydrogen-bond donors (Lipinski definition) is 0. The maximum Gasteiger partial charge on any atom is 0.398 e. The minimum atomic E-state index is -4.19. The molecule has 1 aromatic carbocycles. The molecule has 14 heavy (non-hydrogen) atoms. The summed E-state index contributed by atoms with van der Waals surface area (Å²) in [5, 5.41) is 0. The van der Waals surface area contributed by atoms with Crippen molar-refractivity contribution in [3.8, 4) is 0 Å². The third-order valence-electron chi connectivity index (χ3n) is 1.53. The van der Waals surface area contributed by atoms with E-state index in [4.69, 9.17) is 0 Å². The molecule has 1 aromatic rings. The Hall–Kier alpha value is -0.710. The van der Waals surface area contributed by atoms with Gasteiger partial charge in [0.05, 0.1) is 5.75 Å². The molecule has 1 rings (SSSR count). The Bertz CT molecular complexity index is 319. The highest BCUT2D eigenvalue weighted by atomic mass is 32.2. The van der Waals surface area contributed by atoms with Crippen molar-refractivity contribution in [1.29, 1.82) is 0 Å². The molecule has 0 bridgehead atoms. The van der Waals surface area contributed by atoms with Gasteiger partial charge in [-0.2, -0.15) is 13.2 Å². The molecule has 0 N–H and O–H groups in total. The number of rotatable bonds is 2. The summed E-state index contributed by atoms with van der Waals surface area (Å²) in [6, 6.07) is 3.93. The van der Waals surface area contributed by atoms with Crippen LogP contribution in [-0.2, 0) is 0 Å². The molecular formula is C9H8F4S. The lowest BCUT2D eigenvalue weighted by Gasteiger charge is -2.06. The van der Waals surface area contributed by atoms with Crippen LogP contribution in [0.5, 0.6) is 0 Å². The van der Waals surface area contributed by atoms with Gasteiger partial charge >= 0.3 is 6.18 Å². The summed E-state index contributed by atoms with van der Waals surface area (Å²) in [4.78, 5) is 0.432. The van der Waals surface area contributed by atoms with Gasteiger partial charge in [0.15, 0.2) is 0 Å². The van der Waals surface area contributed by atoms with E-state index in [1.165, 1.54) is 25.1 Å². The second-order valence-corrected chi connectivity index (χ2v) is 3.86. The lowest BCUT2D eigenvalue weighted by atomic mass is 10.2. The fraction of sp³-hybridized carbons (Fsp3) is 0.333. The monoisotopic (exact) mass is 224 g/mol. The second kappa shape index (κ2) is 4.21. The normalized spacial score (nSPS) is 11.8. The average molecular weight is 224 g/mol. The van der Waals surface area contributed by atoms with E-state index < -0.39 is 17.7 Å². The van der Waals surface area contributed by atoms with Crippen molar-refractivity contribution in [3.05, 3.63) is 29.6 Å². The Labute approximate surface area is 83.3 Å². The lowest BCUT2D eigenvalue weighted by molar-refractivity contribution is -0.105. The summed E-state index contributed by atoms with van der Waals surface area (Å²) in [5.41, 5.74) is 0.358. The number of thioether (sulfide) groups is 1. The van der Waals surface area contributed by atoms with E-state index in [9.17, 15) is 17.6 Å². The molecule has 0 nitrogen and oxygen atoms in total. The highest BCUT2D eigenvalue weighted by molar-refractivity contribution is 7.99. The highest BCUT2D eigenvalue weighted by Crippen LogP contribution is 2.27. The summed E-state index contributed by atoms with van der Waals surface area (Å²) in [5.74, 6) is -1.35. The van der Waals surface area contributed by atoms with Crippen LogP contribution in [0, 0.1) is 12.7 Å². The molecule has 78 valence electrons. The lowest BCUT2D eigenvalue weighted by Crippen LogP contribution is -2.10. The quantitative estimate of drug-likeness (QED) is 0.544. The van der Waals surface area contributed by atoms with E-state index in [0.717, 1.165) is 0 Å². The Morgan fingerprint density at radius 3 is 2.43 bits per heavy atom. The van der Waals surface area contributed by atoms with Gasteiger partial charge in [-0.1, -0.05) is 0 Å². The third kappa shape index (κ3) is 3.57. The van der Waals surface area contributed by atoms with Crippen molar-refractivity contribution in [2.75, 3.05) is 5.75 Å². The van der Waals surface area contributed by atoms with Crippen LogP contribution < -0.4 is 0 Å². The summed E-state index contributed by atoms with van der Waals surface area (Å²) in [6.07, 6.45) is -4.19. The Kier molecular flexibility index (Phi) is 3.42. The van der Waals surface area contributed by atoms with Crippen LogP contribution in [0.3, 0.4) is 0 Å². The molecule has 5 heteroatoms. The van der Waals surface area contributed by atoms with Crippen LogP contribution in [-0.4, -0.2) is 11.9 Å². The fourth-order valence-corrected chi connectivity index (χ4v) is 1.63. The van der Waals surface area contributed by atoms with Gasteiger partial charge in [0.1, 0.15) is 5.82 Å². The van der Waals surface area contributed by atoms with Gasteiger partial charge < -0.3 is 0 Å². The molecule has 0 saturated carbocycles. The van der Waals surface area contributed by atoms with Gasteiger partial charge in [-0.05, 0) is 30.7 Å². The Balaban J connectivity index is 2.65. The minimum Gasteiger partial charge on any atom is -0.207 e. The largest absolute Gasteiger partial charge is 0.398 e. The SMILES string of the molecule is Cc1cc(SCC(F)(F)F)ccc1F. The number of aryl methyl sites for hydroxylation is 1. The van der Waals surface area contributed by atoms with Gasteiger partial charge in [-0.25, -0.2) is 4.39 Å². The van der Waals surface area contributed by atoms with Crippen molar-refractivity contribution in [2.45, 2.75) is 18.0 Å². The smallest absolute Gasteiger partial charge is 0.207 e. The van der Waals surface area contributed by atoms with E-state index in [1.807, 2.05) is 0 Å². The molecule has 0 heterocycles. The molecule has 0 aliphatic rings. The Morgan fingerprint density at radius 2 is 1.93 bits per heavy atom. The van der Waals surface area contributed by atoms with Gasteiger partial charge in [-0.3, -0.25) is 0 Å². The zero-order valence-electron chi connectivity index (χ0n) is 7.36. The van der Waals surface area contributed by atoms with E-state index in [-0.39, 0.29) is 0 Å². The molecule has 0 atom stereocenters. The van der Waals surface area contributed by atoms with Crippen LogP contribution in [0.2, 0.25) is 0 Å². The molecular weight excluding hydrogens is 216 g/mol. The van der Waals surface area contributed by atoms with E-state index >= 15 is 0 Å².